The molecule has 2 aromatic heterocycles. The molecule has 0 amide bonds. The fourth-order valence-electron chi connectivity index (χ4n) is 5.00. The van der Waals surface area contributed by atoms with Gasteiger partial charge in [0.15, 0.2) is 10.9 Å². The van der Waals surface area contributed by atoms with Gasteiger partial charge in [0.05, 0.1) is 11.4 Å². The van der Waals surface area contributed by atoms with Crippen molar-refractivity contribution in [2.45, 2.75) is 71.6 Å². The number of nitrogens with one attached hydrogen (secondary N) is 1. The van der Waals surface area contributed by atoms with Gasteiger partial charge < -0.3 is 15.1 Å². The zero-order valence-electron chi connectivity index (χ0n) is 20.1. The maximum Gasteiger partial charge on any atom is 0.248 e. The summed E-state index contributed by atoms with van der Waals surface area (Å²) in [5, 5.41) is 4.21. The van der Waals surface area contributed by atoms with Gasteiger partial charge in [0.2, 0.25) is 5.92 Å². The molecule has 4 rings (SSSR count). The third-order valence-electron chi connectivity index (χ3n) is 7.08. The Bertz CT molecular complexity index is 980. The van der Waals surface area contributed by atoms with E-state index in [0.29, 0.717) is 12.8 Å². The number of hydrogen-bond donors (Lipinski definition) is 1. The van der Waals surface area contributed by atoms with E-state index in [4.69, 9.17) is 4.98 Å². The number of halogens is 2. The summed E-state index contributed by atoms with van der Waals surface area (Å²) < 4.78 is 28.1. The predicted octanol–water partition coefficient (Wildman–Crippen LogP) is 6.70. The van der Waals surface area contributed by atoms with Crippen molar-refractivity contribution >= 4 is 28.0 Å². The molecule has 33 heavy (non-hydrogen) atoms. The van der Waals surface area contributed by atoms with E-state index in [-0.39, 0.29) is 5.92 Å². The maximum absolute atomic E-state index is 14.1. The minimum Gasteiger partial charge on any atom is -0.369 e. The van der Waals surface area contributed by atoms with Crippen LogP contribution in [0.3, 0.4) is 0 Å². The maximum atomic E-state index is 14.1. The van der Waals surface area contributed by atoms with Gasteiger partial charge in [0.25, 0.3) is 0 Å². The van der Waals surface area contributed by atoms with Gasteiger partial charge in [-0.05, 0) is 65.5 Å². The van der Waals surface area contributed by atoms with E-state index in [1.807, 2.05) is 6.92 Å². The summed E-state index contributed by atoms with van der Waals surface area (Å²) in [5.74, 6) is -1.55. The molecule has 0 aromatic carbocycles. The van der Waals surface area contributed by atoms with Crippen molar-refractivity contribution in [1.29, 1.82) is 0 Å². The summed E-state index contributed by atoms with van der Waals surface area (Å²) in [5.41, 5.74) is 3.00. The molecule has 0 radical (unpaired) electrons. The van der Waals surface area contributed by atoms with Gasteiger partial charge in [-0.25, -0.2) is 18.7 Å². The molecule has 0 spiro atoms. The molecule has 1 aliphatic carbocycles. The minimum atomic E-state index is -2.64. The van der Waals surface area contributed by atoms with E-state index in [0.717, 1.165) is 79.7 Å². The van der Waals surface area contributed by atoms with Crippen LogP contribution in [-0.2, 0) is 0 Å². The highest BCUT2D eigenvalue weighted by atomic mass is 32.1. The van der Waals surface area contributed by atoms with Crippen LogP contribution in [0.15, 0.2) is 24.5 Å². The van der Waals surface area contributed by atoms with Gasteiger partial charge in [-0.15, -0.1) is 11.3 Å². The molecule has 8 heteroatoms. The van der Waals surface area contributed by atoms with Crippen molar-refractivity contribution in [2.75, 3.05) is 34.8 Å². The van der Waals surface area contributed by atoms with Crippen LogP contribution in [0.25, 0.3) is 0 Å². The van der Waals surface area contributed by atoms with Crippen LogP contribution >= 0.6 is 11.3 Å². The number of rotatable bonds is 6. The van der Waals surface area contributed by atoms with Crippen molar-refractivity contribution < 1.29 is 8.78 Å². The number of pyridine rings is 1. The second kappa shape index (κ2) is 9.57. The van der Waals surface area contributed by atoms with Crippen molar-refractivity contribution in [3.63, 3.8) is 0 Å². The Morgan fingerprint density at radius 3 is 2.67 bits per heavy atom. The first-order valence-corrected chi connectivity index (χ1v) is 12.8. The van der Waals surface area contributed by atoms with Crippen molar-refractivity contribution in [3.05, 3.63) is 40.8 Å². The molecule has 5 nitrogen and oxygen atoms in total. The summed E-state index contributed by atoms with van der Waals surface area (Å²) in [7, 11) is 0. The number of alkyl halides is 2. The van der Waals surface area contributed by atoms with Crippen LogP contribution in [0.1, 0.15) is 68.1 Å². The summed E-state index contributed by atoms with van der Waals surface area (Å²) in [6.07, 6.45) is 3.79. The van der Waals surface area contributed by atoms with E-state index >= 15 is 0 Å². The first kappa shape index (κ1) is 23.9. The zero-order chi connectivity index (χ0) is 23.8. The molecule has 1 aliphatic heterocycles. The number of nitrogens with zero attached hydrogens (tertiary/aromatic N) is 4. The lowest BCUT2D eigenvalue weighted by Crippen LogP contribution is -2.30. The van der Waals surface area contributed by atoms with Gasteiger partial charge >= 0.3 is 0 Å². The van der Waals surface area contributed by atoms with E-state index in [9.17, 15) is 8.78 Å². The van der Waals surface area contributed by atoms with E-state index in [1.54, 1.807) is 11.3 Å². The molecule has 0 saturated heterocycles. The average molecular weight is 476 g/mol. The molecule has 2 aliphatic rings. The Kier molecular flexibility index (Phi) is 6.93. The van der Waals surface area contributed by atoms with Crippen LogP contribution in [0.2, 0.25) is 0 Å². The highest BCUT2D eigenvalue weighted by molar-refractivity contribution is 7.15. The highest BCUT2D eigenvalue weighted by Crippen LogP contribution is 2.44. The smallest absolute Gasteiger partial charge is 0.248 e. The molecule has 0 bridgehead atoms. The molecular weight excluding hydrogens is 440 g/mol. The van der Waals surface area contributed by atoms with Crippen LogP contribution in [0.5, 0.6) is 0 Å². The van der Waals surface area contributed by atoms with Crippen LogP contribution < -0.4 is 15.1 Å². The topological polar surface area (TPSA) is 44.3 Å². The van der Waals surface area contributed by atoms with Crippen LogP contribution in [0, 0.1) is 19.8 Å². The molecule has 1 N–H and O–H groups in total. The van der Waals surface area contributed by atoms with Gasteiger partial charge in [0, 0.05) is 42.0 Å². The molecule has 2 unspecified atom stereocenters. The molecule has 3 heterocycles. The molecule has 180 valence electrons. The Morgan fingerprint density at radius 2 is 2.00 bits per heavy atom. The van der Waals surface area contributed by atoms with Gasteiger partial charge in [-0.2, -0.15) is 0 Å². The van der Waals surface area contributed by atoms with Crippen molar-refractivity contribution in [3.8, 4) is 0 Å². The quantitative estimate of drug-likeness (QED) is 0.503. The van der Waals surface area contributed by atoms with Crippen molar-refractivity contribution in [2.24, 2.45) is 5.92 Å². The highest BCUT2D eigenvalue weighted by Gasteiger charge is 2.38. The monoisotopic (exact) mass is 475 g/mol. The molecule has 2 aromatic rings. The van der Waals surface area contributed by atoms with Crippen LogP contribution in [-0.4, -0.2) is 35.5 Å². The Balaban J connectivity index is 1.65. The summed E-state index contributed by atoms with van der Waals surface area (Å²) in [6.45, 7) is 14.2. The lowest BCUT2D eigenvalue weighted by atomic mass is 9.77. The molecule has 1 saturated carbocycles. The number of fused-ring (bicyclic) bond motifs is 1. The van der Waals surface area contributed by atoms with Gasteiger partial charge in [-0.1, -0.05) is 13.0 Å². The number of thiazole rings is 1. The largest absolute Gasteiger partial charge is 0.369 e. The van der Waals surface area contributed by atoms with Crippen molar-refractivity contribution in [1.82, 2.24) is 9.97 Å². The van der Waals surface area contributed by atoms with E-state index in [1.165, 1.54) is 4.88 Å². The zero-order valence-corrected chi connectivity index (χ0v) is 20.9. The summed E-state index contributed by atoms with van der Waals surface area (Å²) >= 11 is 1.62. The number of aryl methyl sites for hydroxylation is 2. The normalized spacial score (nSPS) is 21.5. The van der Waals surface area contributed by atoms with E-state index in [2.05, 4.69) is 52.7 Å². The second-order valence-electron chi connectivity index (χ2n) is 9.41. The van der Waals surface area contributed by atoms with Gasteiger partial charge in [-0.3, -0.25) is 0 Å². The Morgan fingerprint density at radius 1 is 1.21 bits per heavy atom. The fraction of sp³-hybridized carbons (Fsp3) is 0.600. The summed E-state index contributed by atoms with van der Waals surface area (Å²) in [4.78, 5) is 15.3. The van der Waals surface area contributed by atoms with E-state index < -0.39 is 11.8 Å². The first-order valence-electron chi connectivity index (χ1n) is 12.0. The molecule has 2 atom stereocenters. The summed E-state index contributed by atoms with van der Waals surface area (Å²) in [6, 6.07) is 4.17. The minimum absolute atomic E-state index is 0.0607. The number of hydrogen-bond acceptors (Lipinski definition) is 6. The Hall–Kier alpha value is -2.22. The lowest BCUT2D eigenvalue weighted by molar-refractivity contribution is -0.0560. The first-order chi connectivity index (χ1) is 15.7. The average Bonchev–Trinajstić information content (AvgIpc) is 2.98. The Labute approximate surface area is 199 Å². The lowest BCUT2D eigenvalue weighted by Gasteiger charge is -2.33. The predicted molar refractivity (Wildman–Crippen MR) is 134 cm³/mol. The number of aromatic nitrogens is 2. The molecular formula is C25H35F2N5S. The second-order valence-corrected chi connectivity index (χ2v) is 10.6. The molecule has 1 fully saturated rings. The SMILES string of the molecule is C=C(Nc1nc(C)c(C)s1)N1CCCN(CC)c2ccc(C3CCCC(C(C)(F)F)C3)nc21. The third-order valence-corrected chi connectivity index (χ3v) is 8.07. The fourth-order valence-corrected chi connectivity index (χ4v) is 5.84. The van der Waals surface area contributed by atoms with Crippen LogP contribution in [0.4, 0.5) is 25.4 Å². The van der Waals surface area contributed by atoms with Gasteiger partial charge in [0.1, 0.15) is 5.82 Å². The number of anilines is 3. The third kappa shape index (κ3) is 5.15. The standard InChI is InChI=1S/C25H35F2N5S/c1-6-31-13-8-14-32(18(4)29-24-28-16(2)17(3)33-24)23-22(31)12-11-21(30-23)19-9-7-10-20(15-19)25(5,26)27/h11-12,19-20H,4,6-10,13-15H2,1-3,5H3,(H,28,29).